The fraction of sp³-hybridized carbons (Fsp3) is 0.250. The maximum Gasteiger partial charge on any atom is 0.289 e. The molecule has 1 aliphatic heterocycles. The molecule has 1 atom stereocenters. The molecule has 4 aromatic rings. The van der Waals surface area contributed by atoms with Gasteiger partial charge in [-0.3, -0.25) is 0 Å². The number of aliphatic imine (C=N–C) groups is 1. The lowest BCUT2D eigenvalue weighted by Crippen LogP contribution is -2.24. The van der Waals surface area contributed by atoms with E-state index in [-0.39, 0.29) is 6.61 Å². The number of rotatable bonds is 8. The van der Waals surface area contributed by atoms with Gasteiger partial charge in [-0.25, -0.2) is 19.9 Å². The minimum atomic E-state index is -0.431. The second-order valence-electron chi connectivity index (χ2n) is 8.24. The van der Waals surface area contributed by atoms with Gasteiger partial charge in [-0.05, 0) is 49.7 Å². The van der Waals surface area contributed by atoms with Crippen LogP contribution in [0.4, 0.5) is 17.2 Å². The Labute approximate surface area is 210 Å². The van der Waals surface area contributed by atoms with E-state index in [1.54, 1.807) is 12.3 Å². The summed E-state index contributed by atoms with van der Waals surface area (Å²) in [4.78, 5) is 17.6. The van der Waals surface area contributed by atoms with E-state index >= 15 is 0 Å². The number of anilines is 3. The summed E-state index contributed by atoms with van der Waals surface area (Å²) in [5.41, 5.74) is 1.89. The molecule has 0 amide bonds. The third-order valence-corrected chi connectivity index (χ3v) is 6.51. The summed E-state index contributed by atoms with van der Waals surface area (Å²) in [6, 6.07) is 11.6. The van der Waals surface area contributed by atoms with Crippen LogP contribution in [-0.4, -0.2) is 44.8 Å². The lowest BCUT2D eigenvalue weighted by atomic mass is 10.0. The fourth-order valence-electron chi connectivity index (χ4n) is 3.62. The molecule has 2 aromatic carbocycles. The predicted octanol–water partition coefficient (Wildman–Crippen LogP) is 5.00. The summed E-state index contributed by atoms with van der Waals surface area (Å²) in [6.07, 6.45) is 3.79. The first-order chi connectivity index (χ1) is 17.0. The Morgan fingerprint density at radius 2 is 2.00 bits per heavy atom. The summed E-state index contributed by atoms with van der Waals surface area (Å²) in [5, 5.41) is 19.9. The van der Waals surface area contributed by atoms with E-state index in [0.29, 0.717) is 42.2 Å². The van der Waals surface area contributed by atoms with Crippen LogP contribution >= 0.6 is 22.9 Å². The highest BCUT2D eigenvalue weighted by Crippen LogP contribution is 2.32. The highest BCUT2D eigenvalue weighted by atomic mass is 35.5. The number of nitrogens with one attached hydrogen (secondary N) is 2. The van der Waals surface area contributed by atoms with E-state index in [2.05, 4.69) is 30.6 Å². The van der Waals surface area contributed by atoms with Crippen molar-refractivity contribution in [1.82, 2.24) is 15.0 Å². The first-order valence-electron chi connectivity index (χ1n) is 10.9. The number of fused-ring (bicyclic) bond motifs is 1. The summed E-state index contributed by atoms with van der Waals surface area (Å²) in [7, 11) is 0. The highest BCUT2D eigenvalue weighted by molar-refractivity contribution is 7.09. The van der Waals surface area contributed by atoms with Crippen LogP contribution in [-0.2, 0) is 11.3 Å². The molecule has 9 nitrogen and oxygen atoms in total. The SMILES string of the molecule is CC1(CCO)COC(Nc2ccc3ncnc(Nc4ccc(OCc5nccs5)c(Cl)c4)c3c2)=N1. The van der Waals surface area contributed by atoms with Crippen LogP contribution in [0.1, 0.15) is 18.4 Å². The molecule has 0 spiro atoms. The first-order valence-corrected chi connectivity index (χ1v) is 12.2. The van der Waals surface area contributed by atoms with Crippen molar-refractivity contribution in [3.05, 3.63) is 64.3 Å². The quantitative estimate of drug-likeness (QED) is 0.303. The van der Waals surface area contributed by atoms with Crippen LogP contribution in [0, 0.1) is 0 Å². The molecule has 11 heteroatoms. The zero-order valence-corrected chi connectivity index (χ0v) is 20.4. The molecule has 0 radical (unpaired) electrons. The lowest BCUT2D eigenvalue weighted by molar-refractivity contribution is 0.206. The van der Waals surface area contributed by atoms with Gasteiger partial charge < -0.3 is 25.2 Å². The number of ether oxygens (including phenoxy) is 2. The largest absolute Gasteiger partial charge is 0.485 e. The molecule has 3 heterocycles. The number of amidine groups is 1. The van der Waals surface area contributed by atoms with Gasteiger partial charge in [0, 0.05) is 34.9 Å². The van der Waals surface area contributed by atoms with Gasteiger partial charge >= 0.3 is 0 Å². The average Bonchev–Trinajstić information content (AvgIpc) is 3.49. The molecule has 0 bridgehead atoms. The molecule has 0 fully saturated rings. The third kappa shape index (κ3) is 5.45. The number of thiazole rings is 1. The van der Waals surface area contributed by atoms with E-state index in [1.165, 1.54) is 17.7 Å². The van der Waals surface area contributed by atoms with Crippen LogP contribution in [0.3, 0.4) is 0 Å². The van der Waals surface area contributed by atoms with Gasteiger partial charge in [-0.2, -0.15) is 0 Å². The maximum atomic E-state index is 9.25. The van der Waals surface area contributed by atoms with E-state index < -0.39 is 5.54 Å². The molecule has 3 N–H and O–H groups in total. The van der Waals surface area contributed by atoms with Gasteiger partial charge in [0.25, 0.3) is 6.02 Å². The Bertz CT molecular complexity index is 1370. The zero-order chi connectivity index (χ0) is 24.3. The molecule has 2 aromatic heterocycles. The number of hydrogen-bond donors (Lipinski definition) is 3. The van der Waals surface area contributed by atoms with Gasteiger partial charge in [-0.15, -0.1) is 11.3 Å². The Morgan fingerprint density at radius 3 is 2.80 bits per heavy atom. The van der Waals surface area contributed by atoms with E-state index in [4.69, 9.17) is 21.1 Å². The van der Waals surface area contributed by atoms with Crippen molar-refractivity contribution < 1.29 is 14.6 Å². The Kier molecular flexibility index (Phi) is 6.67. The van der Waals surface area contributed by atoms with Gasteiger partial charge in [-0.1, -0.05) is 11.6 Å². The summed E-state index contributed by atoms with van der Waals surface area (Å²) < 4.78 is 11.5. The van der Waals surface area contributed by atoms with Gasteiger partial charge in [0.05, 0.1) is 16.1 Å². The van der Waals surface area contributed by atoms with Crippen LogP contribution < -0.4 is 15.4 Å². The second-order valence-corrected chi connectivity index (χ2v) is 9.63. The molecule has 0 aliphatic carbocycles. The number of aliphatic hydroxyl groups is 1. The number of aromatic nitrogens is 3. The molecule has 1 unspecified atom stereocenters. The van der Waals surface area contributed by atoms with Gasteiger partial charge in [0.15, 0.2) is 0 Å². The summed E-state index contributed by atoms with van der Waals surface area (Å²) in [5.74, 6) is 1.21. The smallest absolute Gasteiger partial charge is 0.289 e. The Balaban J connectivity index is 1.33. The van der Waals surface area contributed by atoms with Crippen molar-refractivity contribution in [3.63, 3.8) is 0 Å². The van der Waals surface area contributed by atoms with Crippen molar-refractivity contribution in [2.45, 2.75) is 25.5 Å². The van der Waals surface area contributed by atoms with E-state index in [0.717, 1.165) is 27.3 Å². The number of nitrogens with zero attached hydrogens (tertiary/aromatic N) is 4. The third-order valence-electron chi connectivity index (χ3n) is 5.46. The molecule has 1 aliphatic rings. The van der Waals surface area contributed by atoms with Crippen molar-refractivity contribution in [2.24, 2.45) is 4.99 Å². The number of halogens is 1. The maximum absolute atomic E-state index is 9.25. The molecule has 0 saturated heterocycles. The van der Waals surface area contributed by atoms with Crippen LogP contribution in [0.15, 0.2) is 59.3 Å². The normalized spacial score (nSPS) is 17.2. The zero-order valence-electron chi connectivity index (χ0n) is 18.9. The van der Waals surface area contributed by atoms with Crippen LogP contribution in [0.25, 0.3) is 10.9 Å². The minimum Gasteiger partial charge on any atom is -0.485 e. The molecule has 35 heavy (non-hydrogen) atoms. The Morgan fingerprint density at radius 1 is 1.14 bits per heavy atom. The number of benzene rings is 2. The van der Waals surface area contributed by atoms with Crippen molar-refractivity contribution in [2.75, 3.05) is 23.8 Å². The molecular formula is C24H23ClN6O3S. The van der Waals surface area contributed by atoms with E-state index in [9.17, 15) is 5.11 Å². The fourth-order valence-corrected chi connectivity index (χ4v) is 4.38. The van der Waals surface area contributed by atoms with Crippen LogP contribution in [0.2, 0.25) is 5.02 Å². The molecular weight excluding hydrogens is 488 g/mol. The monoisotopic (exact) mass is 510 g/mol. The Hall–Kier alpha value is -3.47. The topological polar surface area (TPSA) is 114 Å². The second kappa shape index (κ2) is 10.0. The van der Waals surface area contributed by atoms with Crippen LogP contribution in [0.5, 0.6) is 5.75 Å². The van der Waals surface area contributed by atoms with E-state index in [1.807, 2.05) is 42.6 Å². The average molecular weight is 511 g/mol. The number of aliphatic hydroxyl groups excluding tert-OH is 1. The summed E-state index contributed by atoms with van der Waals surface area (Å²) >= 11 is 7.98. The molecule has 180 valence electrons. The van der Waals surface area contributed by atoms with Gasteiger partial charge in [0.1, 0.15) is 36.1 Å². The molecule has 5 rings (SSSR count). The van der Waals surface area contributed by atoms with Gasteiger partial charge in [0.2, 0.25) is 0 Å². The standard InChI is InChI=1S/C24H23ClN6O3S/c1-24(6-8-32)13-34-23(31-24)30-15-2-4-19-17(10-15)22(28-14-27-19)29-16-3-5-20(18(25)11-16)33-12-21-26-7-9-35-21/h2-5,7,9-11,14,32H,6,8,12-13H2,1H3,(H,30,31)(H,27,28,29). The highest BCUT2D eigenvalue weighted by Gasteiger charge is 2.31. The molecule has 0 saturated carbocycles. The van der Waals surface area contributed by atoms with Crippen molar-refractivity contribution in [3.8, 4) is 5.75 Å². The predicted molar refractivity (Wildman–Crippen MR) is 138 cm³/mol. The summed E-state index contributed by atoms with van der Waals surface area (Å²) in [6.45, 7) is 2.80. The minimum absolute atomic E-state index is 0.0575. The lowest BCUT2D eigenvalue weighted by Gasteiger charge is -2.15. The first kappa shape index (κ1) is 23.3. The van der Waals surface area contributed by atoms with Crippen molar-refractivity contribution >= 4 is 57.1 Å². The van der Waals surface area contributed by atoms with Crippen molar-refractivity contribution in [1.29, 1.82) is 0 Å². The number of hydrogen-bond acceptors (Lipinski definition) is 10.